The maximum atomic E-state index is 11.7. The Morgan fingerprint density at radius 1 is 1.50 bits per heavy atom. The van der Waals surface area contributed by atoms with Crippen molar-refractivity contribution in [2.75, 3.05) is 5.75 Å². The van der Waals surface area contributed by atoms with Crippen LogP contribution in [0.15, 0.2) is 20.2 Å². The molecule has 20 heavy (non-hydrogen) atoms. The van der Waals surface area contributed by atoms with Gasteiger partial charge in [0.2, 0.25) is 11.8 Å². The molecule has 2 aromatic rings. The van der Waals surface area contributed by atoms with Gasteiger partial charge >= 0.3 is 0 Å². The first kappa shape index (κ1) is 13.2. The number of nitrogens with zero attached hydrogens (tertiary/aromatic N) is 3. The van der Waals surface area contributed by atoms with Crippen LogP contribution in [0, 0.1) is 6.92 Å². The van der Waals surface area contributed by atoms with E-state index in [1.807, 2.05) is 6.07 Å². The summed E-state index contributed by atoms with van der Waals surface area (Å²) in [5.74, 6) is 2.06. The quantitative estimate of drug-likeness (QED) is 0.809. The summed E-state index contributed by atoms with van der Waals surface area (Å²) in [4.78, 5) is 11.7. The van der Waals surface area contributed by atoms with E-state index in [1.54, 1.807) is 6.92 Å². The van der Waals surface area contributed by atoms with Crippen LogP contribution in [-0.2, 0) is 11.3 Å². The highest BCUT2D eigenvalue weighted by Gasteiger charge is 2.27. The monoisotopic (exact) mass is 294 g/mol. The number of aromatic nitrogens is 3. The predicted molar refractivity (Wildman–Crippen MR) is 70.1 cm³/mol. The highest BCUT2D eigenvalue weighted by atomic mass is 32.2. The number of rotatable bonds is 6. The van der Waals surface area contributed by atoms with Crippen LogP contribution in [0.25, 0.3) is 0 Å². The minimum Gasteiger partial charge on any atom is -0.416 e. The van der Waals surface area contributed by atoms with E-state index in [0.717, 1.165) is 11.5 Å². The fraction of sp³-hybridized carbons (Fsp3) is 0.500. The van der Waals surface area contributed by atoms with E-state index < -0.39 is 0 Å². The van der Waals surface area contributed by atoms with Gasteiger partial charge in [-0.15, -0.1) is 10.2 Å². The lowest BCUT2D eigenvalue weighted by molar-refractivity contribution is -0.118. The Hall–Kier alpha value is -1.83. The molecule has 0 radical (unpaired) electrons. The van der Waals surface area contributed by atoms with Crippen molar-refractivity contribution < 1.29 is 13.7 Å². The lowest BCUT2D eigenvalue weighted by Gasteiger charge is -2.00. The first-order valence-electron chi connectivity index (χ1n) is 6.36. The summed E-state index contributed by atoms with van der Waals surface area (Å²) < 4.78 is 10.4. The molecule has 106 valence electrons. The SMILES string of the molecule is Cc1nnc(SCC(=O)NCc2cc(C3CC3)on2)o1. The largest absolute Gasteiger partial charge is 0.416 e. The second-order valence-electron chi connectivity index (χ2n) is 4.65. The minimum atomic E-state index is -0.109. The highest BCUT2D eigenvalue weighted by Crippen LogP contribution is 2.40. The molecule has 1 aliphatic rings. The van der Waals surface area contributed by atoms with E-state index in [9.17, 15) is 4.79 Å². The summed E-state index contributed by atoms with van der Waals surface area (Å²) in [7, 11) is 0. The molecule has 1 N–H and O–H groups in total. The Morgan fingerprint density at radius 2 is 2.35 bits per heavy atom. The van der Waals surface area contributed by atoms with Gasteiger partial charge in [0.1, 0.15) is 11.5 Å². The third kappa shape index (κ3) is 3.38. The lowest BCUT2D eigenvalue weighted by Crippen LogP contribution is -2.24. The van der Waals surface area contributed by atoms with Gasteiger partial charge in [-0.3, -0.25) is 4.79 Å². The number of aryl methyl sites for hydroxylation is 1. The Bertz CT molecular complexity index is 605. The average Bonchev–Trinajstić information content (AvgIpc) is 3.03. The van der Waals surface area contributed by atoms with E-state index in [2.05, 4.69) is 20.7 Å². The fourth-order valence-electron chi connectivity index (χ4n) is 1.68. The molecule has 1 amide bonds. The summed E-state index contributed by atoms with van der Waals surface area (Å²) in [5, 5.41) is 14.6. The number of thioether (sulfide) groups is 1. The Labute approximate surface area is 119 Å². The van der Waals surface area contributed by atoms with Gasteiger partial charge in [-0.05, 0) is 12.8 Å². The van der Waals surface area contributed by atoms with Crippen molar-refractivity contribution in [1.29, 1.82) is 0 Å². The number of carbonyl (C=O) groups excluding carboxylic acids is 1. The van der Waals surface area contributed by atoms with Crippen LogP contribution in [0.2, 0.25) is 0 Å². The molecule has 1 aliphatic carbocycles. The van der Waals surface area contributed by atoms with Crippen molar-refractivity contribution in [3.8, 4) is 0 Å². The zero-order valence-electron chi connectivity index (χ0n) is 11.0. The van der Waals surface area contributed by atoms with Crippen LogP contribution in [0.4, 0.5) is 0 Å². The molecule has 1 fully saturated rings. The molecular weight excluding hydrogens is 280 g/mol. The summed E-state index contributed by atoms with van der Waals surface area (Å²) in [6.07, 6.45) is 2.34. The van der Waals surface area contributed by atoms with Crippen molar-refractivity contribution >= 4 is 17.7 Å². The molecule has 0 aromatic carbocycles. The van der Waals surface area contributed by atoms with Crippen LogP contribution in [0.5, 0.6) is 0 Å². The second-order valence-corrected chi connectivity index (χ2v) is 5.57. The first-order valence-corrected chi connectivity index (χ1v) is 7.34. The molecule has 0 unspecified atom stereocenters. The molecule has 3 rings (SSSR count). The molecule has 0 atom stereocenters. The first-order chi connectivity index (χ1) is 9.70. The standard InChI is InChI=1S/C12H14N4O3S/c1-7-14-15-12(18-7)20-6-11(17)13-5-9-4-10(19-16-9)8-2-3-8/h4,8H,2-3,5-6H2,1H3,(H,13,17). The minimum absolute atomic E-state index is 0.109. The van der Waals surface area contributed by atoms with Gasteiger partial charge in [-0.2, -0.15) is 0 Å². The molecule has 8 heteroatoms. The second kappa shape index (κ2) is 5.66. The molecule has 7 nitrogen and oxygen atoms in total. The summed E-state index contributed by atoms with van der Waals surface area (Å²) >= 11 is 1.21. The van der Waals surface area contributed by atoms with Crippen LogP contribution >= 0.6 is 11.8 Å². The third-order valence-corrected chi connectivity index (χ3v) is 3.68. The fourth-order valence-corrected chi connectivity index (χ4v) is 2.31. The van der Waals surface area contributed by atoms with Crippen molar-refractivity contribution in [2.45, 2.75) is 37.5 Å². The van der Waals surface area contributed by atoms with Gasteiger partial charge in [0.15, 0.2) is 0 Å². The van der Waals surface area contributed by atoms with Gasteiger partial charge in [-0.25, -0.2) is 0 Å². The van der Waals surface area contributed by atoms with E-state index >= 15 is 0 Å². The molecule has 0 bridgehead atoms. The number of carbonyl (C=O) groups is 1. The van der Waals surface area contributed by atoms with Gasteiger partial charge < -0.3 is 14.3 Å². The smallest absolute Gasteiger partial charge is 0.277 e. The Balaban J connectivity index is 1.41. The highest BCUT2D eigenvalue weighted by molar-refractivity contribution is 7.99. The summed E-state index contributed by atoms with van der Waals surface area (Å²) in [6.45, 7) is 2.08. The van der Waals surface area contributed by atoms with Crippen molar-refractivity contribution in [3.63, 3.8) is 0 Å². The molecule has 2 heterocycles. The van der Waals surface area contributed by atoms with Crippen LogP contribution in [0.1, 0.15) is 36.1 Å². The molecule has 0 spiro atoms. The topological polar surface area (TPSA) is 94.1 Å². The molecule has 1 saturated carbocycles. The maximum Gasteiger partial charge on any atom is 0.277 e. The van der Waals surface area contributed by atoms with Gasteiger partial charge in [0, 0.05) is 18.9 Å². The van der Waals surface area contributed by atoms with E-state index in [4.69, 9.17) is 8.94 Å². The van der Waals surface area contributed by atoms with Gasteiger partial charge in [-0.1, -0.05) is 16.9 Å². The Kier molecular flexibility index (Phi) is 3.72. The van der Waals surface area contributed by atoms with Gasteiger partial charge in [0.25, 0.3) is 5.22 Å². The van der Waals surface area contributed by atoms with Gasteiger partial charge in [0.05, 0.1) is 12.3 Å². The lowest BCUT2D eigenvalue weighted by atomic mass is 10.3. The van der Waals surface area contributed by atoms with Crippen LogP contribution < -0.4 is 5.32 Å². The van der Waals surface area contributed by atoms with Crippen LogP contribution in [0.3, 0.4) is 0 Å². The van der Waals surface area contributed by atoms with E-state index in [1.165, 1.54) is 24.6 Å². The normalized spacial score (nSPS) is 14.4. The van der Waals surface area contributed by atoms with E-state index in [0.29, 0.717) is 23.6 Å². The van der Waals surface area contributed by atoms with Crippen molar-refractivity contribution in [3.05, 3.63) is 23.4 Å². The maximum absolute atomic E-state index is 11.7. The molecule has 0 saturated heterocycles. The third-order valence-electron chi connectivity index (χ3n) is 2.86. The average molecular weight is 294 g/mol. The summed E-state index contributed by atoms with van der Waals surface area (Å²) in [6, 6.07) is 1.91. The van der Waals surface area contributed by atoms with Crippen molar-refractivity contribution in [2.24, 2.45) is 0 Å². The molecule has 2 aromatic heterocycles. The number of hydrogen-bond donors (Lipinski definition) is 1. The summed E-state index contributed by atoms with van der Waals surface area (Å²) in [5.41, 5.74) is 0.749. The predicted octanol–water partition coefficient (Wildman–Crippen LogP) is 1.65. The zero-order valence-corrected chi connectivity index (χ0v) is 11.8. The van der Waals surface area contributed by atoms with Crippen molar-refractivity contribution in [1.82, 2.24) is 20.7 Å². The number of hydrogen-bond acceptors (Lipinski definition) is 7. The molecular formula is C12H14N4O3S. The molecule has 0 aliphatic heterocycles. The number of amides is 1. The van der Waals surface area contributed by atoms with Crippen LogP contribution in [-0.4, -0.2) is 27.0 Å². The van der Waals surface area contributed by atoms with E-state index in [-0.39, 0.29) is 11.7 Å². The number of nitrogens with one attached hydrogen (secondary N) is 1. The zero-order chi connectivity index (χ0) is 13.9. The Morgan fingerprint density at radius 3 is 3.05 bits per heavy atom.